The SMILES string of the molecule is O=C(O)c1cc(N2CCCC2)cc2cn[nH]c12. The molecule has 2 N–H and O–H groups in total. The number of nitrogens with zero attached hydrogens (tertiary/aromatic N) is 2. The first-order chi connectivity index (χ1) is 8.25. The van der Waals surface area contributed by atoms with E-state index in [9.17, 15) is 9.90 Å². The van der Waals surface area contributed by atoms with Crippen molar-refractivity contribution < 1.29 is 9.90 Å². The third kappa shape index (κ3) is 1.63. The Kier molecular flexibility index (Phi) is 2.24. The van der Waals surface area contributed by atoms with E-state index in [1.807, 2.05) is 6.07 Å². The number of benzene rings is 1. The minimum Gasteiger partial charge on any atom is -0.478 e. The van der Waals surface area contributed by atoms with Crippen LogP contribution in [0, 0.1) is 0 Å². The molecule has 1 fully saturated rings. The minimum absolute atomic E-state index is 0.293. The Morgan fingerprint density at radius 3 is 2.82 bits per heavy atom. The van der Waals surface area contributed by atoms with Crippen molar-refractivity contribution in [3.8, 4) is 0 Å². The summed E-state index contributed by atoms with van der Waals surface area (Å²) in [5.74, 6) is -0.916. The van der Waals surface area contributed by atoms with E-state index in [2.05, 4.69) is 15.1 Å². The molecule has 0 saturated carbocycles. The van der Waals surface area contributed by atoms with E-state index in [1.54, 1.807) is 12.3 Å². The Morgan fingerprint density at radius 2 is 2.12 bits per heavy atom. The van der Waals surface area contributed by atoms with Gasteiger partial charge in [0.1, 0.15) is 0 Å². The van der Waals surface area contributed by atoms with Gasteiger partial charge in [0, 0.05) is 24.2 Å². The molecule has 3 rings (SSSR count). The minimum atomic E-state index is -0.916. The molecule has 2 heterocycles. The number of nitrogens with one attached hydrogen (secondary N) is 1. The fourth-order valence-electron chi connectivity index (χ4n) is 2.37. The lowest BCUT2D eigenvalue weighted by Crippen LogP contribution is -2.18. The van der Waals surface area contributed by atoms with Crippen molar-refractivity contribution in [2.75, 3.05) is 18.0 Å². The normalized spacial score (nSPS) is 15.6. The number of carboxylic acids is 1. The first-order valence-corrected chi connectivity index (χ1v) is 5.71. The van der Waals surface area contributed by atoms with Gasteiger partial charge in [-0.2, -0.15) is 5.10 Å². The number of hydrogen-bond acceptors (Lipinski definition) is 3. The van der Waals surface area contributed by atoms with Gasteiger partial charge in [0.25, 0.3) is 0 Å². The molecule has 88 valence electrons. The second-order valence-corrected chi connectivity index (χ2v) is 4.33. The summed E-state index contributed by atoms with van der Waals surface area (Å²) in [6, 6.07) is 3.73. The lowest BCUT2D eigenvalue weighted by molar-refractivity contribution is 0.0699. The van der Waals surface area contributed by atoms with Crippen molar-refractivity contribution in [1.29, 1.82) is 0 Å². The van der Waals surface area contributed by atoms with Gasteiger partial charge in [-0.3, -0.25) is 5.10 Å². The van der Waals surface area contributed by atoms with Gasteiger partial charge in [0.15, 0.2) is 0 Å². The van der Waals surface area contributed by atoms with Gasteiger partial charge in [0.2, 0.25) is 0 Å². The van der Waals surface area contributed by atoms with Crippen LogP contribution < -0.4 is 4.90 Å². The molecule has 0 bridgehead atoms. The van der Waals surface area contributed by atoms with Crippen molar-refractivity contribution >= 4 is 22.6 Å². The highest BCUT2D eigenvalue weighted by molar-refractivity contribution is 6.03. The van der Waals surface area contributed by atoms with E-state index in [4.69, 9.17) is 0 Å². The summed E-state index contributed by atoms with van der Waals surface area (Å²) in [4.78, 5) is 13.4. The molecule has 2 aromatic rings. The lowest BCUT2D eigenvalue weighted by atomic mass is 10.1. The molecule has 1 aliphatic heterocycles. The molecule has 0 radical (unpaired) electrons. The molecular weight excluding hydrogens is 218 g/mol. The number of H-pyrrole nitrogens is 1. The molecule has 0 unspecified atom stereocenters. The van der Waals surface area contributed by atoms with Gasteiger partial charge in [-0.25, -0.2) is 4.79 Å². The number of aromatic amines is 1. The predicted octanol–water partition coefficient (Wildman–Crippen LogP) is 1.86. The third-order valence-electron chi connectivity index (χ3n) is 3.24. The monoisotopic (exact) mass is 231 g/mol. The highest BCUT2D eigenvalue weighted by Gasteiger charge is 2.17. The van der Waals surface area contributed by atoms with Crippen molar-refractivity contribution in [2.45, 2.75) is 12.8 Å². The molecule has 0 aliphatic carbocycles. The molecular formula is C12H13N3O2. The summed E-state index contributed by atoms with van der Waals surface area (Å²) in [7, 11) is 0. The average Bonchev–Trinajstić information content (AvgIpc) is 2.98. The van der Waals surface area contributed by atoms with Crippen LogP contribution in [-0.4, -0.2) is 34.4 Å². The van der Waals surface area contributed by atoms with Crippen molar-refractivity contribution in [1.82, 2.24) is 10.2 Å². The van der Waals surface area contributed by atoms with Crippen LogP contribution in [0.5, 0.6) is 0 Å². The summed E-state index contributed by atoms with van der Waals surface area (Å²) < 4.78 is 0. The van der Waals surface area contributed by atoms with Crippen LogP contribution in [0.2, 0.25) is 0 Å². The van der Waals surface area contributed by atoms with E-state index in [0.717, 1.165) is 24.2 Å². The largest absolute Gasteiger partial charge is 0.478 e. The smallest absolute Gasteiger partial charge is 0.337 e. The average molecular weight is 231 g/mol. The van der Waals surface area contributed by atoms with Crippen molar-refractivity contribution in [3.05, 3.63) is 23.9 Å². The first kappa shape index (κ1) is 10.1. The standard InChI is InChI=1S/C12H13N3O2/c16-12(17)10-6-9(15-3-1-2-4-15)5-8-7-13-14-11(8)10/h5-7H,1-4H2,(H,13,14)(H,16,17). The molecule has 0 amide bonds. The summed E-state index contributed by atoms with van der Waals surface area (Å²) in [5, 5.41) is 16.7. The van der Waals surface area contributed by atoms with Crippen molar-refractivity contribution in [3.63, 3.8) is 0 Å². The van der Waals surface area contributed by atoms with E-state index in [0.29, 0.717) is 11.1 Å². The molecule has 5 nitrogen and oxygen atoms in total. The molecule has 1 saturated heterocycles. The van der Waals surface area contributed by atoms with Gasteiger partial charge < -0.3 is 10.0 Å². The highest BCUT2D eigenvalue weighted by Crippen LogP contribution is 2.27. The first-order valence-electron chi connectivity index (χ1n) is 5.71. The van der Waals surface area contributed by atoms with Gasteiger partial charge in [-0.15, -0.1) is 0 Å². The zero-order valence-corrected chi connectivity index (χ0v) is 9.31. The Hall–Kier alpha value is -2.04. The number of aromatic nitrogens is 2. The zero-order chi connectivity index (χ0) is 11.8. The maximum Gasteiger partial charge on any atom is 0.337 e. The van der Waals surface area contributed by atoms with Crippen LogP contribution in [0.25, 0.3) is 10.9 Å². The quantitative estimate of drug-likeness (QED) is 0.827. The Bertz CT molecular complexity index is 570. The number of aromatic carboxylic acids is 1. The van der Waals surface area contributed by atoms with Gasteiger partial charge >= 0.3 is 5.97 Å². The van der Waals surface area contributed by atoms with Crippen LogP contribution in [0.1, 0.15) is 23.2 Å². The number of fused-ring (bicyclic) bond motifs is 1. The number of carboxylic acid groups (broad SMARTS) is 1. The summed E-state index contributed by atoms with van der Waals surface area (Å²) in [6.07, 6.45) is 4.01. The Morgan fingerprint density at radius 1 is 1.35 bits per heavy atom. The van der Waals surface area contributed by atoms with E-state index < -0.39 is 5.97 Å². The number of rotatable bonds is 2. The fraction of sp³-hybridized carbons (Fsp3) is 0.333. The second-order valence-electron chi connectivity index (χ2n) is 4.33. The molecule has 1 aromatic carbocycles. The third-order valence-corrected chi connectivity index (χ3v) is 3.24. The molecule has 17 heavy (non-hydrogen) atoms. The maximum atomic E-state index is 11.2. The maximum absolute atomic E-state index is 11.2. The topological polar surface area (TPSA) is 69.2 Å². The number of anilines is 1. The summed E-state index contributed by atoms with van der Waals surface area (Å²) in [5.41, 5.74) is 1.87. The zero-order valence-electron chi connectivity index (χ0n) is 9.31. The molecule has 0 atom stereocenters. The van der Waals surface area contributed by atoms with E-state index >= 15 is 0 Å². The summed E-state index contributed by atoms with van der Waals surface area (Å²) >= 11 is 0. The molecule has 1 aliphatic rings. The van der Waals surface area contributed by atoms with Gasteiger partial charge in [-0.1, -0.05) is 0 Å². The predicted molar refractivity (Wildman–Crippen MR) is 64.5 cm³/mol. The molecule has 1 aromatic heterocycles. The van der Waals surface area contributed by atoms with Gasteiger partial charge in [-0.05, 0) is 25.0 Å². The van der Waals surface area contributed by atoms with Crippen LogP contribution in [-0.2, 0) is 0 Å². The fourth-order valence-corrected chi connectivity index (χ4v) is 2.37. The number of carbonyl (C=O) groups is 1. The van der Waals surface area contributed by atoms with Crippen molar-refractivity contribution in [2.24, 2.45) is 0 Å². The Balaban J connectivity index is 2.16. The van der Waals surface area contributed by atoms with Crippen LogP contribution in [0.3, 0.4) is 0 Å². The van der Waals surface area contributed by atoms with Crippen LogP contribution >= 0.6 is 0 Å². The van der Waals surface area contributed by atoms with E-state index in [1.165, 1.54) is 12.8 Å². The van der Waals surface area contributed by atoms with Crippen LogP contribution in [0.15, 0.2) is 18.3 Å². The van der Waals surface area contributed by atoms with Crippen LogP contribution in [0.4, 0.5) is 5.69 Å². The van der Waals surface area contributed by atoms with E-state index in [-0.39, 0.29) is 0 Å². The summed E-state index contributed by atoms with van der Waals surface area (Å²) in [6.45, 7) is 2.00. The highest BCUT2D eigenvalue weighted by atomic mass is 16.4. The molecule has 0 spiro atoms. The van der Waals surface area contributed by atoms with Gasteiger partial charge in [0.05, 0.1) is 17.3 Å². The second kappa shape index (κ2) is 3.76. The number of hydrogen-bond donors (Lipinski definition) is 2. The Labute approximate surface area is 98.0 Å². The molecule has 5 heteroatoms. The lowest BCUT2D eigenvalue weighted by Gasteiger charge is -2.18.